The second-order valence-corrected chi connectivity index (χ2v) is 19.3. The first-order valence-electron chi connectivity index (χ1n) is 16.1. The Hall–Kier alpha value is -2.35. The Morgan fingerprint density at radius 3 is 2.18 bits per heavy atom. The zero-order chi connectivity index (χ0) is 31.4. The SMILES string of the molecule is CC1(C)O[C@@H]2[C@H](O1)[C@@H](CO[Si](c1ccccc1)(c1ccccc1)C(C)(C)C)O[C@H]2n1ccc2c(NC3CCCC3)nc(I)nc21. The van der Waals surface area contributed by atoms with Crippen molar-refractivity contribution in [3.63, 3.8) is 0 Å². The van der Waals surface area contributed by atoms with Gasteiger partial charge in [0.2, 0.25) is 0 Å². The minimum Gasteiger partial charge on any atom is -0.405 e. The van der Waals surface area contributed by atoms with Gasteiger partial charge in [-0.25, -0.2) is 9.97 Å². The number of nitrogens with one attached hydrogen (secondary N) is 1. The van der Waals surface area contributed by atoms with Crippen molar-refractivity contribution in [3.8, 4) is 0 Å². The molecule has 0 bridgehead atoms. The van der Waals surface area contributed by atoms with Gasteiger partial charge in [-0.1, -0.05) is 94.3 Å². The first kappa shape index (κ1) is 31.3. The van der Waals surface area contributed by atoms with Crippen molar-refractivity contribution in [1.82, 2.24) is 14.5 Å². The number of ether oxygens (including phenoxy) is 3. The topological polar surface area (TPSA) is 79.7 Å². The van der Waals surface area contributed by atoms with Gasteiger partial charge in [0.25, 0.3) is 8.32 Å². The lowest BCUT2D eigenvalue weighted by Crippen LogP contribution is -2.67. The largest absolute Gasteiger partial charge is 0.405 e. The first-order valence-corrected chi connectivity index (χ1v) is 19.1. The van der Waals surface area contributed by atoms with Gasteiger partial charge >= 0.3 is 0 Å². The van der Waals surface area contributed by atoms with Crippen LogP contribution in [0, 0.1) is 3.83 Å². The third-order valence-electron chi connectivity index (χ3n) is 9.52. The van der Waals surface area contributed by atoms with Crippen LogP contribution in [0.1, 0.15) is 66.5 Å². The molecule has 3 aliphatic rings. The summed E-state index contributed by atoms with van der Waals surface area (Å²) >= 11 is 2.21. The normalized spacial score (nSPS) is 25.2. The van der Waals surface area contributed by atoms with Gasteiger partial charge in [-0.15, -0.1) is 0 Å². The van der Waals surface area contributed by atoms with Crippen molar-refractivity contribution in [1.29, 1.82) is 0 Å². The molecule has 7 rings (SSSR count). The van der Waals surface area contributed by atoms with Gasteiger partial charge in [0.05, 0.1) is 12.0 Å². The number of rotatable bonds is 8. The molecule has 4 heterocycles. The fourth-order valence-corrected chi connectivity index (χ4v) is 12.6. The third-order valence-corrected chi connectivity index (χ3v) is 15.0. The predicted molar refractivity (Wildman–Crippen MR) is 187 cm³/mol. The highest BCUT2D eigenvalue weighted by molar-refractivity contribution is 14.1. The summed E-state index contributed by atoms with van der Waals surface area (Å²) in [6.45, 7) is 11.2. The average Bonchev–Trinajstić information content (AvgIpc) is 3.79. The Balaban J connectivity index is 1.23. The van der Waals surface area contributed by atoms with Gasteiger partial charge in [0.15, 0.2) is 15.8 Å². The number of nitrogens with zero attached hydrogens (tertiary/aromatic N) is 3. The highest BCUT2D eigenvalue weighted by Crippen LogP contribution is 2.45. The van der Waals surface area contributed by atoms with Crippen LogP contribution in [0.3, 0.4) is 0 Å². The van der Waals surface area contributed by atoms with E-state index in [4.69, 9.17) is 28.6 Å². The molecule has 10 heteroatoms. The summed E-state index contributed by atoms with van der Waals surface area (Å²) in [5, 5.41) is 7.02. The van der Waals surface area contributed by atoms with Crippen LogP contribution in [0.25, 0.3) is 11.0 Å². The molecule has 1 aliphatic carbocycles. The molecule has 2 aromatic carbocycles. The van der Waals surface area contributed by atoms with Crippen molar-refractivity contribution >= 4 is 58.1 Å². The summed E-state index contributed by atoms with van der Waals surface area (Å²) in [5.74, 6) is 0.147. The summed E-state index contributed by atoms with van der Waals surface area (Å²) < 4.78 is 30.1. The minimum atomic E-state index is -2.77. The lowest BCUT2D eigenvalue weighted by molar-refractivity contribution is -0.199. The lowest BCUT2D eigenvalue weighted by atomic mass is 10.1. The maximum absolute atomic E-state index is 7.32. The average molecular weight is 739 g/mol. The van der Waals surface area contributed by atoms with E-state index in [-0.39, 0.29) is 23.4 Å². The number of fused-ring (bicyclic) bond motifs is 2. The molecule has 1 N–H and O–H groups in total. The van der Waals surface area contributed by atoms with E-state index in [1.54, 1.807) is 0 Å². The Labute approximate surface area is 280 Å². The van der Waals surface area contributed by atoms with E-state index in [0.29, 0.717) is 16.5 Å². The fraction of sp³-hybridized carbons (Fsp3) is 0.486. The smallest absolute Gasteiger partial charge is 0.261 e. The molecule has 2 saturated heterocycles. The summed E-state index contributed by atoms with van der Waals surface area (Å²) in [7, 11) is -2.77. The molecule has 0 radical (unpaired) electrons. The van der Waals surface area contributed by atoms with Crippen molar-refractivity contribution in [3.05, 3.63) is 76.8 Å². The van der Waals surface area contributed by atoms with Crippen LogP contribution in [0.2, 0.25) is 5.04 Å². The van der Waals surface area contributed by atoms with Gasteiger partial charge in [-0.3, -0.25) is 0 Å². The lowest BCUT2D eigenvalue weighted by Gasteiger charge is -2.43. The van der Waals surface area contributed by atoms with Crippen molar-refractivity contribution in [2.45, 2.75) is 102 Å². The Bertz CT molecular complexity index is 1600. The van der Waals surface area contributed by atoms with Crippen LogP contribution < -0.4 is 15.7 Å². The molecule has 4 atom stereocenters. The van der Waals surface area contributed by atoms with Crippen molar-refractivity contribution in [2.75, 3.05) is 11.9 Å². The molecule has 238 valence electrons. The molecule has 2 aromatic heterocycles. The monoisotopic (exact) mass is 738 g/mol. The third kappa shape index (κ3) is 5.76. The number of anilines is 1. The van der Waals surface area contributed by atoms with Crippen LogP contribution in [0.15, 0.2) is 72.9 Å². The zero-order valence-electron chi connectivity index (χ0n) is 26.7. The van der Waals surface area contributed by atoms with Gasteiger partial charge in [-0.2, -0.15) is 0 Å². The van der Waals surface area contributed by atoms with E-state index in [2.05, 4.69) is 126 Å². The molecular formula is C35H43IN4O4Si. The quantitative estimate of drug-likeness (QED) is 0.128. The van der Waals surface area contributed by atoms with Crippen LogP contribution >= 0.6 is 22.6 Å². The highest BCUT2D eigenvalue weighted by atomic mass is 127. The van der Waals surface area contributed by atoms with Gasteiger partial charge < -0.3 is 28.5 Å². The molecule has 0 spiro atoms. The number of hydrogen-bond acceptors (Lipinski definition) is 7. The molecular weight excluding hydrogens is 695 g/mol. The van der Waals surface area contributed by atoms with Crippen molar-refractivity contribution in [2.24, 2.45) is 0 Å². The maximum Gasteiger partial charge on any atom is 0.261 e. The number of halogens is 1. The molecule has 2 aliphatic heterocycles. The van der Waals surface area contributed by atoms with E-state index in [1.807, 2.05) is 13.8 Å². The molecule has 8 nitrogen and oxygen atoms in total. The second-order valence-electron chi connectivity index (χ2n) is 14.0. The Morgan fingerprint density at radius 2 is 1.56 bits per heavy atom. The maximum atomic E-state index is 7.32. The van der Waals surface area contributed by atoms with Gasteiger partial charge in [0.1, 0.15) is 29.8 Å². The predicted octanol–water partition coefficient (Wildman–Crippen LogP) is 6.38. The van der Waals surface area contributed by atoms with E-state index in [1.165, 1.54) is 36.1 Å². The molecule has 0 amide bonds. The highest BCUT2D eigenvalue weighted by Gasteiger charge is 2.58. The fourth-order valence-electron chi connectivity index (χ4n) is 7.57. The number of benzene rings is 2. The van der Waals surface area contributed by atoms with Gasteiger partial charge in [-0.05, 0) is 48.2 Å². The zero-order valence-corrected chi connectivity index (χ0v) is 29.9. The van der Waals surface area contributed by atoms with E-state index >= 15 is 0 Å². The summed E-state index contributed by atoms with van der Waals surface area (Å²) in [6.07, 6.45) is 5.54. The number of hydrogen-bond donors (Lipinski definition) is 1. The van der Waals surface area contributed by atoms with Crippen LogP contribution in [0.5, 0.6) is 0 Å². The molecule has 1 saturated carbocycles. The Kier molecular flexibility index (Phi) is 8.35. The summed E-state index contributed by atoms with van der Waals surface area (Å²) in [5.41, 5.74) is 0.834. The van der Waals surface area contributed by atoms with Crippen molar-refractivity contribution < 1.29 is 18.6 Å². The summed E-state index contributed by atoms with van der Waals surface area (Å²) in [6, 6.07) is 24.0. The van der Waals surface area contributed by atoms with Crippen LogP contribution in [0.4, 0.5) is 5.82 Å². The molecule has 45 heavy (non-hydrogen) atoms. The number of aromatic nitrogens is 3. The summed E-state index contributed by atoms with van der Waals surface area (Å²) in [4.78, 5) is 9.67. The van der Waals surface area contributed by atoms with E-state index in [9.17, 15) is 0 Å². The second kappa shape index (κ2) is 12.0. The van der Waals surface area contributed by atoms with E-state index in [0.717, 1.165) is 16.9 Å². The molecule has 0 unspecified atom stereocenters. The molecule has 3 fully saturated rings. The van der Waals surface area contributed by atoms with Crippen LogP contribution in [-0.4, -0.2) is 59.6 Å². The Morgan fingerprint density at radius 1 is 0.933 bits per heavy atom. The first-order chi connectivity index (χ1) is 21.6. The minimum absolute atomic E-state index is 0.146. The standard InChI is InChI=1S/C35H43IN4O4Si/c1-34(2,3)45(24-16-8-6-9-17-24,25-18-10-7-11-19-25)41-22-27-28-29(44-35(4,5)43-28)32(42-27)40-21-20-26-30(37-23-14-12-13-15-23)38-33(36)39-31(26)40/h6-11,16-21,23,27-29,32H,12-15,22H2,1-5H3,(H,37,38,39)/t27-,28-,29-,32-/m1/s1. The van der Waals surface area contributed by atoms with E-state index < -0.39 is 20.3 Å². The van der Waals surface area contributed by atoms with Crippen LogP contribution in [-0.2, 0) is 18.6 Å². The van der Waals surface area contributed by atoms with Gasteiger partial charge in [0, 0.05) is 34.8 Å². The molecule has 4 aromatic rings.